The molecule has 30 heavy (non-hydrogen) atoms. The van der Waals surface area contributed by atoms with Crippen molar-refractivity contribution in [2.45, 2.75) is 34.2 Å². The van der Waals surface area contributed by atoms with Crippen molar-refractivity contribution >= 4 is 29.1 Å². The Kier molecular flexibility index (Phi) is 6.57. The lowest BCUT2D eigenvalue weighted by Crippen LogP contribution is -2.33. The fourth-order valence-corrected chi connectivity index (χ4v) is 3.61. The van der Waals surface area contributed by atoms with Gasteiger partial charge < -0.3 is 10.6 Å². The van der Waals surface area contributed by atoms with Crippen LogP contribution in [0.25, 0.3) is 0 Å². The topological polar surface area (TPSA) is 76.0 Å². The van der Waals surface area contributed by atoms with Gasteiger partial charge in [0.25, 0.3) is 5.91 Å². The second-order valence-electron chi connectivity index (χ2n) is 7.29. The molecular weight excluding hydrogens is 400 g/mol. The molecule has 2 N–H and O–H groups in total. The Bertz CT molecular complexity index is 1080. The van der Waals surface area contributed by atoms with Crippen LogP contribution in [0.5, 0.6) is 0 Å². The van der Waals surface area contributed by atoms with Crippen LogP contribution < -0.4 is 10.6 Å². The zero-order valence-electron chi connectivity index (χ0n) is 17.5. The van der Waals surface area contributed by atoms with E-state index in [2.05, 4.69) is 15.7 Å². The molecule has 0 spiro atoms. The van der Waals surface area contributed by atoms with E-state index < -0.39 is 0 Å². The average Bonchev–Trinajstić information content (AvgIpc) is 2.98. The first kappa shape index (κ1) is 21.6. The third-order valence-corrected chi connectivity index (χ3v) is 5.41. The molecule has 0 bridgehead atoms. The van der Waals surface area contributed by atoms with E-state index in [0.717, 1.165) is 28.1 Å². The predicted octanol–water partition coefficient (Wildman–Crippen LogP) is 4.19. The lowest BCUT2D eigenvalue weighted by molar-refractivity contribution is -0.115. The number of hydrogen-bond donors (Lipinski definition) is 2. The number of amides is 2. The summed E-state index contributed by atoms with van der Waals surface area (Å²) in [5.74, 6) is -0.605. The number of anilines is 1. The van der Waals surface area contributed by atoms with Crippen molar-refractivity contribution in [1.29, 1.82) is 0 Å². The van der Waals surface area contributed by atoms with Crippen molar-refractivity contribution in [3.05, 3.63) is 81.1 Å². The molecular formula is C23H25ClN4O2. The van der Waals surface area contributed by atoms with Crippen LogP contribution in [0, 0.1) is 27.7 Å². The molecule has 0 fully saturated rings. The van der Waals surface area contributed by atoms with Crippen LogP contribution in [-0.2, 0) is 11.3 Å². The summed E-state index contributed by atoms with van der Waals surface area (Å²) in [7, 11) is 0. The van der Waals surface area contributed by atoms with E-state index in [1.807, 2.05) is 63.2 Å². The molecule has 3 aromatic rings. The first-order chi connectivity index (χ1) is 14.3. The van der Waals surface area contributed by atoms with Gasteiger partial charge in [0.05, 0.1) is 24.3 Å². The van der Waals surface area contributed by atoms with E-state index in [9.17, 15) is 9.59 Å². The molecule has 0 atom stereocenters. The minimum atomic E-state index is -0.327. The number of nitrogens with one attached hydrogen (secondary N) is 2. The SMILES string of the molecule is Cc1cccc(C)c1NC(=O)CNC(=O)c1c(C)nn(Cc2ccccc2Cl)c1C. The molecule has 0 aliphatic rings. The van der Waals surface area contributed by atoms with E-state index >= 15 is 0 Å². The van der Waals surface area contributed by atoms with Crippen LogP contribution in [0.1, 0.15) is 38.4 Å². The Hall–Kier alpha value is -3.12. The summed E-state index contributed by atoms with van der Waals surface area (Å²) in [5.41, 5.74) is 5.44. The average molecular weight is 425 g/mol. The van der Waals surface area contributed by atoms with Gasteiger partial charge in [0.15, 0.2) is 0 Å². The summed E-state index contributed by atoms with van der Waals surface area (Å²) in [6, 6.07) is 13.3. The molecule has 156 valence electrons. The molecule has 0 radical (unpaired) electrons. The molecule has 0 aliphatic heterocycles. The first-order valence-electron chi connectivity index (χ1n) is 9.69. The number of benzene rings is 2. The molecule has 2 aromatic carbocycles. The van der Waals surface area contributed by atoms with Crippen LogP contribution in [-0.4, -0.2) is 28.1 Å². The van der Waals surface area contributed by atoms with E-state index in [0.29, 0.717) is 22.8 Å². The van der Waals surface area contributed by atoms with Gasteiger partial charge in [-0.2, -0.15) is 5.10 Å². The second-order valence-corrected chi connectivity index (χ2v) is 7.70. The smallest absolute Gasteiger partial charge is 0.255 e. The molecule has 6 nitrogen and oxygen atoms in total. The Morgan fingerprint density at radius 1 is 1.00 bits per heavy atom. The van der Waals surface area contributed by atoms with Crippen molar-refractivity contribution < 1.29 is 9.59 Å². The van der Waals surface area contributed by atoms with E-state index in [-0.39, 0.29) is 18.4 Å². The van der Waals surface area contributed by atoms with Gasteiger partial charge in [-0.05, 0) is 50.5 Å². The van der Waals surface area contributed by atoms with Gasteiger partial charge in [0, 0.05) is 16.4 Å². The lowest BCUT2D eigenvalue weighted by atomic mass is 10.1. The summed E-state index contributed by atoms with van der Waals surface area (Å²) < 4.78 is 1.75. The number of carbonyl (C=O) groups is 2. The van der Waals surface area contributed by atoms with Gasteiger partial charge in [-0.1, -0.05) is 48.0 Å². The maximum Gasteiger partial charge on any atom is 0.255 e. The molecule has 3 rings (SSSR count). The van der Waals surface area contributed by atoms with E-state index in [1.165, 1.54) is 0 Å². The molecule has 1 heterocycles. The number of nitrogens with zero attached hydrogens (tertiary/aromatic N) is 2. The van der Waals surface area contributed by atoms with Gasteiger partial charge >= 0.3 is 0 Å². The number of carbonyl (C=O) groups excluding carboxylic acids is 2. The fraction of sp³-hybridized carbons (Fsp3) is 0.261. The Morgan fingerprint density at radius 2 is 1.67 bits per heavy atom. The number of rotatable bonds is 6. The Balaban J connectivity index is 1.68. The van der Waals surface area contributed by atoms with Crippen LogP contribution in [0.15, 0.2) is 42.5 Å². The monoisotopic (exact) mass is 424 g/mol. The van der Waals surface area contributed by atoms with Gasteiger partial charge in [-0.15, -0.1) is 0 Å². The highest BCUT2D eigenvalue weighted by Gasteiger charge is 2.20. The number of aryl methyl sites for hydroxylation is 3. The Labute approximate surface area is 181 Å². The largest absolute Gasteiger partial charge is 0.343 e. The summed E-state index contributed by atoms with van der Waals surface area (Å²) in [6.07, 6.45) is 0. The standard InChI is InChI=1S/C23H25ClN4O2/c1-14-8-7-9-15(2)22(14)26-20(29)12-25-23(30)21-16(3)27-28(17(21)4)13-18-10-5-6-11-19(18)24/h5-11H,12-13H2,1-4H3,(H,25,30)(H,26,29). The molecule has 0 aliphatic carbocycles. The fourth-order valence-electron chi connectivity index (χ4n) is 3.41. The molecule has 2 amide bonds. The summed E-state index contributed by atoms with van der Waals surface area (Å²) >= 11 is 6.24. The number of para-hydroxylation sites is 1. The molecule has 0 saturated carbocycles. The van der Waals surface area contributed by atoms with Crippen molar-refractivity contribution in [3.63, 3.8) is 0 Å². The summed E-state index contributed by atoms with van der Waals surface area (Å²) in [6.45, 7) is 7.82. The maximum absolute atomic E-state index is 12.7. The quantitative estimate of drug-likeness (QED) is 0.623. The van der Waals surface area contributed by atoms with Gasteiger partial charge in [0.2, 0.25) is 5.91 Å². The molecule has 7 heteroatoms. The van der Waals surface area contributed by atoms with E-state index in [1.54, 1.807) is 11.6 Å². The Morgan fingerprint density at radius 3 is 2.33 bits per heavy atom. The molecule has 0 unspecified atom stereocenters. The number of halogens is 1. The van der Waals surface area contributed by atoms with Crippen LogP contribution in [0.3, 0.4) is 0 Å². The minimum Gasteiger partial charge on any atom is -0.343 e. The number of hydrogen-bond acceptors (Lipinski definition) is 3. The number of aromatic nitrogens is 2. The van der Waals surface area contributed by atoms with Crippen LogP contribution in [0.4, 0.5) is 5.69 Å². The van der Waals surface area contributed by atoms with Crippen molar-refractivity contribution in [2.75, 3.05) is 11.9 Å². The highest BCUT2D eigenvalue weighted by molar-refractivity contribution is 6.31. The first-order valence-corrected chi connectivity index (χ1v) is 10.1. The van der Waals surface area contributed by atoms with E-state index in [4.69, 9.17) is 11.6 Å². The van der Waals surface area contributed by atoms with Gasteiger partial charge in [0.1, 0.15) is 0 Å². The molecule has 1 aromatic heterocycles. The lowest BCUT2D eigenvalue weighted by Gasteiger charge is -2.12. The van der Waals surface area contributed by atoms with Gasteiger partial charge in [-0.25, -0.2) is 0 Å². The van der Waals surface area contributed by atoms with Crippen molar-refractivity contribution in [3.8, 4) is 0 Å². The summed E-state index contributed by atoms with van der Waals surface area (Å²) in [4.78, 5) is 25.1. The normalized spacial score (nSPS) is 10.7. The third-order valence-electron chi connectivity index (χ3n) is 5.04. The highest BCUT2D eigenvalue weighted by Crippen LogP contribution is 2.20. The minimum absolute atomic E-state index is 0.124. The third kappa shape index (κ3) is 4.71. The second kappa shape index (κ2) is 9.13. The molecule has 0 saturated heterocycles. The zero-order valence-corrected chi connectivity index (χ0v) is 18.3. The predicted molar refractivity (Wildman–Crippen MR) is 119 cm³/mol. The van der Waals surface area contributed by atoms with Crippen molar-refractivity contribution in [1.82, 2.24) is 15.1 Å². The van der Waals surface area contributed by atoms with Crippen molar-refractivity contribution in [2.24, 2.45) is 0 Å². The van der Waals surface area contributed by atoms with Gasteiger partial charge in [-0.3, -0.25) is 14.3 Å². The zero-order chi connectivity index (χ0) is 21.8. The van der Waals surface area contributed by atoms with Crippen LogP contribution >= 0.6 is 11.6 Å². The maximum atomic E-state index is 12.7. The highest BCUT2D eigenvalue weighted by atomic mass is 35.5. The summed E-state index contributed by atoms with van der Waals surface area (Å²) in [5, 5.41) is 10.7. The van der Waals surface area contributed by atoms with Crippen LogP contribution in [0.2, 0.25) is 5.02 Å².